The van der Waals surface area contributed by atoms with E-state index in [1.54, 1.807) is 13.8 Å². The second kappa shape index (κ2) is 6.38. The standard InChI is InChI=1S/C12H21NO2/c1-6-8(2)12(11(5)15)13-9(3)7-10(4)14/h7-8,12-13H,6H2,1-5H3/b9-7+/t8?,12-/m0/s1. The summed E-state index contributed by atoms with van der Waals surface area (Å²) in [6, 6.07) is -0.189. The van der Waals surface area contributed by atoms with Crippen molar-refractivity contribution in [3.63, 3.8) is 0 Å². The monoisotopic (exact) mass is 211 g/mol. The van der Waals surface area contributed by atoms with Gasteiger partial charge in [0.2, 0.25) is 0 Å². The highest BCUT2D eigenvalue weighted by atomic mass is 16.1. The van der Waals surface area contributed by atoms with Gasteiger partial charge in [-0.3, -0.25) is 9.59 Å². The summed E-state index contributed by atoms with van der Waals surface area (Å²) in [5.41, 5.74) is 0.753. The lowest BCUT2D eigenvalue weighted by atomic mass is 9.96. The normalized spacial score (nSPS) is 15.7. The van der Waals surface area contributed by atoms with Crippen LogP contribution in [0.1, 0.15) is 41.0 Å². The fourth-order valence-electron chi connectivity index (χ4n) is 1.47. The summed E-state index contributed by atoms with van der Waals surface area (Å²) in [4.78, 5) is 22.2. The van der Waals surface area contributed by atoms with Gasteiger partial charge in [-0.2, -0.15) is 0 Å². The Balaban J connectivity index is 4.55. The predicted molar refractivity (Wildman–Crippen MR) is 61.5 cm³/mol. The van der Waals surface area contributed by atoms with Crippen LogP contribution in [0.5, 0.6) is 0 Å². The Morgan fingerprint density at radius 1 is 1.27 bits per heavy atom. The molecule has 0 amide bonds. The topological polar surface area (TPSA) is 46.2 Å². The first-order valence-corrected chi connectivity index (χ1v) is 5.34. The van der Waals surface area contributed by atoms with Gasteiger partial charge in [0.15, 0.2) is 11.6 Å². The number of nitrogens with one attached hydrogen (secondary N) is 1. The van der Waals surface area contributed by atoms with Crippen LogP contribution in [0.25, 0.3) is 0 Å². The Morgan fingerprint density at radius 2 is 1.80 bits per heavy atom. The van der Waals surface area contributed by atoms with Gasteiger partial charge in [-0.25, -0.2) is 0 Å². The van der Waals surface area contributed by atoms with E-state index in [1.165, 1.54) is 13.0 Å². The molecule has 0 aliphatic carbocycles. The van der Waals surface area contributed by atoms with Crippen LogP contribution in [-0.4, -0.2) is 17.6 Å². The highest BCUT2D eigenvalue weighted by Crippen LogP contribution is 2.10. The molecule has 3 nitrogen and oxygen atoms in total. The molecule has 86 valence electrons. The first-order valence-electron chi connectivity index (χ1n) is 5.34. The summed E-state index contributed by atoms with van der Waals surface area (Å²) < 4.78 is 0. The molecular weight excluding hydrogens is 190 g/mol. The van der Waals surface area contributed by atoms with E-state index in [0.717, 1.165) is 12.1 Å². The molecule has 0 heterocycles. The summed E-state index contributed by atoms with van der Waals surface area (Å²) in [6.07, 6.45) is 2.45. The lowest BCUT2D eigenvalue weighted by Crippen LogP contribution is -2.39. The average Bonchev–Trinajstić information content (AvgIpc) is 2.11. The fraction of sp³-hybridized carbons (Fsp3) is 0.667. The maximum absolute atomic E-state index is 11.4. The molecule has 0 saturated heterocycles. The molecule has 2 atom stereocenters. The van der Waals surface area contributed by atoms with Crippen LogP contribution in [-0.2, 0) is 9.59 Å². The van der Waals surface area contributed by atoms with Crippen molar-refractivity contribution in [2.75, 3.05) is 0 Å². The number of hydrogen-bond acceptors (Lipinski definition) is 3. The first-order chi connectivity index (χ1) is 6.88. The van der Waals surface area contributed by atoms with E-state index < -0.39 is 0 Å². The van der Waals surface area contributed by atoms with Crippen LogP contribution in [0.3, 0.4) is 0 Å². The minimum absolute atomic E-state index is 0.00791. The van der Waals surface area contributed by atoms with Crippen molar-refractivity contribution >= 4 is 11.6 Å². The third-order valence-corrected chi connectivity index (χ3v) is 2.45. The Hall–Kier alpha value is -1.12. The number of ketones is 2. The molecule has 0 radical (unpaired) electrons. The lowest BCUT2D eigenvalue weighted by Gasteiger charge is -2.23. The molecule has 0 aliphatic rings. The van der Waals surface area contributed by atoms with Gasteiger partial charge < -0.3 is 5.32 Å². The zero-order valence-electron chi connectivity index (χ0n) is 10.3. The predicted octanol–water partition coefficient (Wildman–Crippen LogP) is 2.07. The number of rotatable bonds is 6. The molecule has 0 fully saturated rings. The lowest BCUT2D eigenvalue weighted by molar-refractivity contribution is -0.120. The van der Waals surface area contributed by atoms with Crippen LogP contribution in [0.15, 0.2) is 11.8 Å². The summed E-state index contributed by atoms with van der Waals surface area (Å²) in [6.45, 7) is 8.95. The largest absolute Gasteiger partial charge is 0.379 e. The van der Waals surface area contributed by atoms with Gasteiger partial charge in [-0.1, -0.05) is 20.3 Å². The molecule has 0 spiro atoms. The van der Waals surface area contributed by atoms with Crippen molar-refractivity contribution in [1.29, 1.82) is 0 Å². The zero-order valence-corrected chi connectivity index (χ0v) is 10.3. The quantitative estimate of drug-likeness (QED) is 0.684. The molecule has 1 N–H and O–H groups in total. The molecule has 15 heavy (non-hydrogen) atoms. The smallest absolute Gasteiger partial charge is 0.154 e. The van der Waals surface area contributed by atoms with Crippen molar-refractivity contribution in [3.05, 3.63) is 11.8 Å². The van der Waals surface area contributed by atoms with Crippen molar-refractivity contribution in [1.82, 2.24) is 5.32 Å². The van der Waals surface area contributed by atoms with Crippen molar-refractivity contribution < 1.29 is 9.59 Å². The van der Waals surface area contributed by atoms with Gasteiger partial charge in [0.1, 0.15) is 0 Å². The minimum Gasteiger partial charge on any atom is -0.379 e. The van der Waals surface area contributed by atoms with Crippen LogP contribution < -0.4 is 5.32 Å². The molecule has 3 heteroatoms. The minimum atomic E-state index is -0.189. The van der Waals surface area contributed by atoms with E-state index in [0.29, 0.717) is 0 Å². The van der Waals surface area contributed by atoms with Crippen molar-refractivity contribution in [2.45, 2.75) is 47.1 Å². The van der Waals surface area contributed by atoms with Crippen LogP contribution in [0, 0.1) is 5.92 Å². The second-order valence-corrected chi connectivity index (χ2v) is 4.06. The van der Waals surface area contributed by atoms with E-state index in [4.69, 9.17) is 0 Å². The Bertz CT molecular complexity index is 269. The summed E-state index contributed by atoms with van der Waals surface area (Å²) >= 11 is 0. The fourth-order valence-corrected chi connectivity index (χ4v) is 1.47. The van der Waals surface area contributed by atoms with E-state index >= 15 is 0 Å². The summed E-state index contributed by atoms with van der Waals surface area (Å²) in [5, 5.41) is 3.09. The number of hydrogen-bond donors (Lipinski definition) is 1. The first kappa shape index (κ1) is 13.9. The number of Topliss-reactive ketones (excluding diaryl/α,β-unsaturated/α-hetero) is 1. The van der Waals surface area contributed by atoms with Crippen LogP contribution in [0.2, 0.25) is 0 Å². The highest BCUT2D eigenvalue weighted by Gasteiger charge is 2.19. The average molecular weight is 211 g/mol. The Labute approximate surface area is 91.9 Å². The molecule has 0 bridgehead atoms. The molecule has 0 saturated carbocycles. The van der Waals surface area contributed by atoms with Crippen LogP contribution >= 0.6 is 0 Å². The maximum Gasteiger partial charge on any atom is 0.154 e. The summed E-state index contributed by atoms with van der Waals surface area (Å²) in [5.74, 6) is 0.380. The van der Waals surface area contributed by atoms with E-state index in [9.17, 15) is 9.59 Å². The van der Waals surface area contributed by atoms with E-state index in [2.05, 4.69) is 5.32 Å². The number of carbonyl (C=O) groups excluding carboxylic acids is 2. The van der Waals surface area contributed by atoms with Gasteiger partial charge in [-0.15, -0.1) is 0 Å². The highest BCUT2D eigenvalue weighted by molar-refractivity contribution is 5.88. The van der Waals surface area contributed by atoms with Gasteiger partial charge in [0.25, 0.3) is 0 Å². The van der Waals surface area contributed by atoms with Crippen LogP contribution in [0.4, 0.5) is 0 Å². The number of carbonyl (C=O) groups is 2. The maximum atomic E-state index is 11.4. The Morgan fingerprint density at radius 3 is 2.13 bits per heavy atom. The molecule has 0 aliphatic heterocycles. The number of allylic oxidation sites excluding steroid dienone is 2. The van der Waals surface area contributed by atoms with Gasteiger partial charge in [0.05, 0.1) is 6.04 Å². The molecule has 0 aromatic rings. The second-order valence-electron chi connectivity index (χ2n) is 4.06. The molecular formula is C12H21NO2. The molecule has 0 rings (SSSR count). The van der Waals surface area contributed by atoms with E-state index in [1.807, 2.05) is 13.8 Å². The van der Waals surface area contributed by atoms with Crippen molar-refractivity contribution in [2.24, 2.45) is 5.92 Å². The Kier molecular flexibility index (Phi) is 5.90. The SMILES string of the molecule is CCC(C)[C@H](N/C(C)=C/C(C)=O)C(C)=O. The van der Waals surface area contributed by atoms with Gasteiger partial charge >= 0.3 is 0 Å². The third kappa shape index (κ3) is 5.35. The molecule has 0 aromatic heterocycles. The molecule has 0 aromatic carbocycles. The third-order valence-electron chi connectivity index (χ3n) is 2.45. The van der Waals surface area contributed by atoms with Gasteiger partial charge in [-0.05, 0) is 32.8 Å². The van der Waals surface area contributed by atoms with Crippen molar-refractivity contribution in [3.8, 4) is 0 Å². The molecule has 1 unspecified atom stereocenters. The van der Waals surface area contributed by atoms with Gasteiger partial charge in [0, 0.05) is 5.70 Å². The summed E-state index contributed by atoms with van der Waals surface area (Å²) in [7, 11) is 0. The van der Waals surface area contributed by atoms with E-state index in [-0.39, 0.29) is 23.5 Å². The zero-order chi connectivity index (χ0) is 12.0.